The maximum absolute atomic E-state index is 12.2. The fourth-order valence-electron chi connectivity index (χ4n) is 2.23. The topological polar surface area (TPSA) is 104 Å². The highest BCUT2D eigenvalue weighted by atomic mass is 32.2. The molecule has 0 fully saturated rings. The third-order valence-corrected chi connectivity index (χ3v) is 4.31. The number of hydrogen-bond acceptors (Lipinski definition) is 6. The summed E-state index contributed by atoms with van der Waals surface area (Å²) in [6, 6.07) is 12.0. The minimum absolute atomic E-state index is 0.0782. The van der Waals surface area contributed by atoms with Crippen LogP contribution >= 0.6 is 0 Å². The van der Waals surface area contributed by atoms with Crippen LogP contribution in [0.5, 0.6) is 0 Å². The second kappa shape index (κ2) is 7.43. The molecule has 0 N–H and O–H groups in total. The van der Waals surface area contributed by atoms with E-state index in [2.05, 4.69) is 0 Å². The lowest BCUT2D eigenvalue weighted by Gasteiger charge is -2.13. The zero-order valence-electron chi connectivity index (χ0n) is 13.7. The van der Waals surface area contributed by atoms with Crippen LogP contribution in [0, 0.1) is 10.1 Å². The van der Waals surface area contributed by atoms with E-state index in [-0.39, 0.29) is 17.0 Å². The minimum Gasteiger partial charge on any atom is -0.454 e. The number of nitrogens with zero attached hydrogens (tertiary/aromatic N) is 1. The molecule has 0 unspecified atom stereocenters. The van der Waals surface area contributed by atoms with E-state index in [9.17, 15) is 23.3 Å². The Kier molecular flexibility index (Phi) is 5.53. The number of carbonyl (C=O) groups is 1. The lowest BCUT2D eigenvalue weighted by atomic mass is 10.1. The summed E-state index contributed by atoms with van der Waals surface area (Å²) in [6.07, 6.45) is 0.471. The molecule has 2 aromatic rings. The van der Waals surface area contributed by atoms with Gasteiger partial charge in [0.15, 0.2) is 9.84 Å². The van der Waals surface area contributed by atoms with Crippen LogP contribution in [0.15, 0.2) is 48.5 Å². The van der Waals surface area contributed by atoms with Gasteiger partial charge in [-0.1, -0.05) is 24.3 Å². The van der Waals surface area contributed by atoms with E-state index >= 15 is 0 Å². The van der Waals surface area contributed by atoms with Crippen molar-refractivity contribution in [1.29, 1.82) is 0 Å². The van der Waals surface area contributed by atoms with Gasteiger partial charge in [0.2, 0.25) is 0 Å². The first-order valence-corrected chi connectivity index (χ1v) is 9.44. The molecule has 2 rings (SSSR count). The van der Waals surface area contributed by atoms with Gasteiger partial charge in [-0.25, -0.2) is 13.2 Å². The lowest BCUT2D eigenvalue weighted by Crippen LogP contribution is -2.10. The number of sulfone groups is 1. The first-order valence-electron chi connectivity index (χ1n) is 7.38. The fourth-order valence-corrected chi connectivity index (χ4v) is 3.03. The van der Waals surface area contributed by atoms with Gasteiger partial charge in [-0.05, 0) is 30.2 Å². The van der Waals surface area contributed by atoms with Crippen LogP contribution in [0.25, 0.3) is 0 Å². The predicted molar refractivity (Wildman–Crippen MR) is 91.9 cm³/mol. The molecule has 0 radical (unpaired) electrons. The molecule has 0 aromatic heterocycles. The van der Waals surface area contributed by atoms with Crippen LogP contribution in [0.1, 0.15) is 34.5 Å². The van der Waals surface area contributed by atoms with Crippen molar-refractivity contribution in [1.82, 2.24) is 0 Å². The number of ether oxygens (including phenoxy) is 1. The van der Waals surface area contributed by atoms with E-state index in [1.807, 2.05) is 0 Å². The van der Waals surface area contributed by atoms with Crippen LogP contribution in [0.2, 0.25) is 0 Å². The summed E-state index contributed by atoms with van der Waals surface area (Å²) in [5, 5.41) is 10.8. The first-order chi connectivity index (χ1) is 11.7. The van der Waals surface area contributed by atoms with Crippen molar-refractivity contribution in [2.24, 2.45) is 0 Å². The number of hydrogen-bond donors (Lipinski definition) is 0. The number of nitro groups is 1. The van der Waals surface area contributed by atoms with Crippen molar-refractivity contribution in [2.45, 2.75) is 18.8 Å². The fraction of sp³-hybridized carbons (Fsp3) is 0.235. The molecule has 7 nitrogen and oxygen atoms in total. The molecule has 0 saturated carbocycles. The number of carbonyl (C=O) groups excluding carboxylic acids is 1. The first kappa shape index (κ1) is 18.6. The van der Waals surface area contributed by atoms with E-state index in [1.54, 1.807) is 25.1 Å². The quantitative estimate of drug-likeness (QED) is 0.444. The number of esters is 1. The van der Waals surface area contributed by atoms with Crippen molar-refractivity contribution in [3.8, 4) is 0 Å². The van der Waals surface area contributed by atoms with E-state index in [0.717, 1.165) is 6.26 Å². The molecule has 2 aromatic carbocycles. The molecule has 0 heterocycles. The van der Waals surface area contributed by atoms with Crippen molar-refractivity contribution >= 4 is 21.5 Å². The Labute approximate surface area is 145 Å². The zero-order chi connectivity index (χ0) is 18.6. The average Bonchev–Trinajstić information content (AvgIpc) is 2.54. The molecule has 0 spiro atoms. The highest BCUT2D eigenvalue weighted by Crippen LogP contribution is 2.23. The molecule has 0 amide bonds. The maximum atomic E-state index is 12.2. The maximum Gasteiger partial charge on any atom is 0.338 e. The van der Waals surface area contributed by atoms with E-state index < -0.39 is 26.8 Å². The van der Waals surface area contributed by atoms with Gasteiger partial charge in [-0.2, -0.15) is 0 Å². The van der Waals surface area contributed by atoms with E-state index in [4.69, 9.17) is 4.74 Å². The van der Waals surface area contributed by atoms with Crippen molar-refractivity contribution in [2.75, 3.05) is 6.26 Å². The SMILES string of the molecule is C[C@@H](OC(=O)c1ccc(CS(C)(=O)=O)cc1)c1cccc([N+](=O)[O-])c1. The molecule has 0 aliphatic carbocycles. The summed E-state index contributed by atoms with van der Waals surface area (Å²) in [4.78, 5) is 22.5. The van der Waals surface area contributed by atoms with E-state index in [0.29, 0.717) is 11.1 Å². The molecule has 1 atom stereocenters. The molecule has 0 aliphatic heterocycles. The third kappa shape index (κ3) is 5.39. The Hall–Kier alpha value is -2.74. The molecule has 0 bridgehead atoms. The highest BCUT2D eigenvalue weighted by molar-refractivity contribution is 7.89. The number of nitro benzene ring substituents is 1. The monoisotopic (exact) mass is 363 g/mol. The normalized spacial score (nSPS) is 12.4. The van der Waals surface area contributed by atoms with Crippen molar-refractivity contribution in [3.63, 3.8) is 0 Å². The van der Waals surface area contributed by atoms with Gasteiger partial charge in [0.1, 0.15) is 6.10 Å². The zero-order valence-corrected chi connectivity index (χ0v) is 14.5. The summed E-state index contributed by atoms with van der Waals surface area (Å²) >= 11 is 0. The van der Waals surface area contributed by atoms with Crippen LogP contribution in [-0.2, 0) is 20.3 Å². The van der Waals surface area contributed by atoms with Gasteiger partial charge < -0.3 is 4.74 Å². The smallest absolute Gasteiger partial charge is 0.338 e. The summed E-state index contributed by atoms with van der Waals surface area (Å²) in [5.74, 6) is -0.697. The molecule has 8 heteroatoms. The van der Waals surface area contributed by atoms with Gasteiger partial charge in [0.25, 0.3) is 5.69 Å². The van der Waals surface area contributed by atoms with Crippen molar-refractivity contribution in [3.05, 3.63) is 75.3 Å². The number of rotatable bonds is 6. The van der Waals surface area contributed by atoms with Crippen LogP contribution in [0.3, 0.4) is 0 Å². The molecular weight excluding hydrogens is 346 g/mol. The highest BCUT2D eigenvalue weighted by Gasteiger charge is 2.16. The van der Waals surface area contributed by atoms with Crippen LogP contribution < -0.4 is 0 Å². The number of non-ortho nitro benzene ring substituents is 1. The Morgan fingerprint density at radius 3 is 2.40 bits per heavy atom. The average molecular weight is 363 g/mol. The van der Waals surface area contributed by atoms with Gasteiger partial charge in [-0.15, -0.1) is 0 Å². The number of benzene rings is 2. The lowest BCUT2D eigenvalue weighted by molar-refractivity contribution is -0.385. The molecule has 25 heavy (non-hydrogen) atoms. The van der Waals surface area contributed by atoms with Gasteiger partial charge in [-0.3, -0.25) is 10.1 Å². The standard InChI is InChI=1S/C17H17NO6S/c1-12(15-4-3-5-16(10-15)18(20)21)24-17(19)14-8-6-13(7-9-14)11-25(2,22)23/h3-10,12H,11H2,1-2H3/t12-/m1/s1. The van der Waals surface area contributed by atoms with Gasteiger partial charge >= 0.3 is 5.97 Å². The Balaban J connectivity index is 2.08. The Morgan fingerprint density at radius 1 is 1.20 bits per heavy atom. The second-order valence-electron chi connectivity index (χ2n) is 5.67. The minimum atomic E-state index is -3.15. The summed E-state index contributed by atoms with van der Waals surface area (Å²) in [6.45, 7) is 1.62. The Bertz CT molecular complexity index is 890. The van der Waals surface area contributed by atoms with Crippen molar-refractivity contribution < 1.29 is 22.9 Å². The summed E-state index contributed by atoms with van der Waals surface area (Å²) in [5.41, 5.74) is 1.28. The molecular formula is C17H17NO6S. The van der Waals surface area contributed by atoms with Crippen LogP contribution in [-0.4, -0.2) is 25.6 Å². The largest absolute Gasteiger partial charge is 0.454 e. The second-order valence-corrected chi connectivity index (χ2v) is 7.81. The predicted octanol–water partition coefficient (Wildman–Crippen LogP) is 3.06. The third-order valence-electron chi connectivity index (χ3n) is 3.45. The van der Waals surface area contributed by atoms with Gasteiger partial charge in [0, 0.05) is 18.4 Å². The van der Waals surface area contributed by atoms with E-state index in [1.165, 1.54) is 30.3 Å². The Morgan fingerprint density at radius 2 is 1.84 bits per heavy atom. The van der Waals surface area contributed by atoms with Gasteiger partial charge in [0.05, 0.1) is 16.2 Å². The molecule has 0 saturated heterocycles. The molecule has 0 aliphatic rings. The summed E-state index contributed by atoms with van der Waals surface area (Å²) < 4.78 is 27.8. The molecule has 132 valence electrons. The summed E-state index contributed by atoms with van der Waals surface area (Å²) in [7, 11) is -3.15. The van der Waals surface area contributed by atoms with Crippen LogP contribution in [0.4, 0.5) is 5.69 Å².